The summed E-state index contributed by atoms with van der Waals surface area (Å²) in [5.41, 5.74) is 3.77. The van der Waals surface area contributed by atoms with Crippen molar-refractivity contribution in [2.75, 3.05) is 42.9 Å². The van der Waals surface area contributed by atoms with E-state index in [2.05, 4.69) is 55.4 Å². The van der Waals surface area contributed by atoms with Gasteiger partial charge in [-0.2, -0.15) is 4.37 Å². The minimum atomic E-state index is -0.254. The summed E-state index contributed by atoms with van der Waals surface area (Å²) in [6, 6.07) is 24.1. The zero-order valence-corrected chi connectivity index (χ0v) is 20.6. The summed E-state index contributed by atoms with van der Waals surface area (Å²) in [7, 11) is 0. The summed E-state index contributed by atoms with van der Waals surface area (Å²) >= 11 is 1.58. The molecule has 0 bridgehead atoms. The van der Waals surface area contributed by atoms with E-state index >= 15 is 0 Å². The van der Waals surface area contributed by atoms with Gasteiger partial charge in [0.1, 0.15) is 11.5 Å². The number of nitrogens with one attached hydrogen (secondary N) is 1. The summed E-state index contributed by atoms with van der Waals surface area (Å²) in [4.78, 5) is 26.4. The number of piperazine rings is 1. The fourth-order valence-electron chi connectivity index (χ4n) is 4.64. The zero-order valence-electron chi connectivity index (χ0n) is 19.8. The number of carbonyl (C=O) groups is 1. The van der Waals surface area contributed by atoms with Crippen LogP contribution in [0.25, 0.3) is 21.1 Å². The molecule has 6 rings (SSSR count). The first kappa shape index (κ1) is 22.6. The molecule has 180 valence electrons. The van der Waals surface area contributed by atoms with Crippen molar-refractivity contribution in [1.82, 2.24) is 19.2 Å². The average Bonchev–Trinajstić information content (AvgIpc) is 3.36. The molecule has 1 N–H and O–H groups in total. The molecule has 1 amide bonds. The number of carbonyl (C=O) groups excluding carboxylic acids is 1. The van der Waals surface area contributed by atoms with Crippen molar-refractivity contribution < 1.29 is 4.79 Å². The molecule has 1 aliphatic heterocycles. The molecule has 36 heavy (non-hydrogen) atoms. The monoisotopic (exact) mass is 494 g/mol. The number of aromatic nitrogens is 3. The van der Waals surface area contributed by atoms with Gasteiger partial charge in [-0.3, -0.25) is 14.7 Å². The van der Waals surface area contributed by atoms with Crippen LogP contribution in [0, 0.1) is 0 Å². The molecule has 0 atom stereocenters. The number of fused-ring (bicyclic) bond motifs is 2. The summed E-state index contributed by atoms with van der Waals surface area (Å²) in [5, 5.41) is 4.22. The first-order valence-electron chi connectivity index (χ1n) is 12.2. The Kier molecular flexibility index (Phi) is 6.27. The molecule has 1 fully saturated rings. The number of benzene rings is 3. The van der Waals surface area contributed by atoms with Crippen molar-refractivity contribution in [3.63, 3.8) is 0 Å². The molecule has 0 spiro atoms. The lowest BCUT2D eigenvalue weighted by atomic mass is 10.1. The first-order chi connectivity index (χ1) is 17.7. The highest BCUT2D eigenvalue weighted by atomic mass is 32.1. The second-order valence-electron chi connectivity index (χ2n) is 8.98. The lowest BCUT2D eigenvalue weighted by molar-refractivity contribution is 0.102. The van der Waals surface area contributed by atoms with Gasteiger partial charge in [0, 0.05) is 43.8 Å². The van der Waals surface area contributed by atoms with Crippen LogP contribution in [-0.2, 0) is 6.42 Å². The average molecular weight is 495 g/mol. The van der Waals surface area contributed by atoms with Crippen LogP contribution in [0.15, 0.2) is 79.0 Å². The summed E-state index contributed by atoms with van der Waals surface area (Å²) in [5.74, 6) is 0.867. The summed E-state index contributed by atoms with van der Waals surface area (Å²) < 4.78 is 5.96. The minimum Gasteiger partial charge on any atom is -0.353 e. The van der Waals surface area contributed by atoms with Crippen molar-refractivity contribution in [2.24, 2.45) is 0 Å². The van der Waals surface area contributed by atoms with Crippen LogP contribution < -0.4 is 10.2 Å². The van der Waals surface area contributed by atoms with E-state index in [1.807, 2.05) is 42.5 Å². The van der Waals surface area contributed by atoms with E-state index in [1.54, 1.807) is 11.5 Å². The molecule has 1 saturated heterocycles. The third kappa shape index (κ3) is 4.78. The van der Waals surface area contributed by atoms with Gasteiger partial charge >= 0.3 is 0 Å². The molecular weight excluding hydrogens is 468 g/mol. The van der Waals surface area contributed by atoms with Crippen molar-refractivity contribution >= 4 is 50.1 Å². The molecule has 0 unspecified atom stereocenters. The van der Waals surface area contributed by atoms with Crippen molar-refractivity contribution in [1.29, 1.82) is 0 Å². The van der Waals surface area contributed by atoms with E-state index in [4.69, 9.17) is 4.37 Å². The van der Waals surface area contributed by atoms with Gasteiger partial charge in [-0.25, -0.2) is 4.98 Å². The van der Waals surface area contributed by atoms with Crippen molar-refractivity contribution in [3.05, 3.63) is 90.3 Å². The smallest absolute Gasteiger partial charge is 0.275 e. The molecule has 0 saturated carbocycles. The Bertz CT molecular complexity index is 1530. The number of anilines is 2. The topological polar surface area (TPSA) is 74.2 Å². The van der Waals surface area contributed by atoms with Gasteiger partial charge in [0.15, 0.2) is 0 Å². The largest absolute Gasteiger partial charge is 0.353 e. The molecule has 0 radical (unpaired) electrons. The van der Waals surface area contributed by atoms with E-state index in [9.17, 15) is 4.79 Å². The molecule has 1 aliphatic rings. The maximum absolute atomic E-state index is 12.8. The van der Waals surface area contributed by atoms with Gasteiger partial charge in [0.2, 0.25) is 0 Å². The fourth-order valence-corrected chi connectivity index (χ4v) is 5.43. The number of hydrogen-bond acceptors (Lipinski definition) is 7. The van der Waals surface area contributed by atoms with Crippen LogP contribution in [-0.4, -0.2) is 57.9 Å². The SMILES string of the molecule is O=C(Nc1cccc(CCN2CCN(c3nsc4ccccc34)CC2)c1)c1cnc2ccccc2n1. The number of amides is 1. The molecule has 3 aromatic carbocycles. The highest BCUT2D eigenvalue weighted by molar-refractivity contribution is 7.13. The predicted octanol–water partition coefficient (Wildman–Crippen LogP) is 4.86. The standard InChI is InChI=1S/C28H26N6OS/c35-28(25-19-29-23-9-2-3-10-24(23)31-25)30-21-7-5-6-20(18-21)12-13-33-14-16-34(17-15-33)27-22-8-1-4-11-26(22)36-32-27/h1-11,18-19H,12-17H2,(H,30,35). The van der Waals surface area contributed by atoms with Crippen LogP contribution in [0.3, 0.4) is 0 Å². The number of para-hydroxylation sites is 2. The molecule has 8 heteroatoms. The number of rotatable bonds is 6. The second-order valence-corrected chi connectivity index (χ2v) is 9.78. The minimum absolute atomic E-state index is 0.254. The van der Waals surface area contributed by atoms with Crippen LogP contribution in [0.4, 0.5) is 11.5 Å². The van der Waals surface area contributed by atoms with Crippen molar-refractivity contribution in [2.45, 2.75) is 6.42 Å². The Balaban J connectivity index is 1.04. The third-order valence-electron chi connectivity index (χ3n) is 6.61. The summed E-state index contributed by atoms with van der Waals surface area (Å²) in [6.07, 6.45) is 2.45. The van der Waals surface area contributed by atoms with E-state index < -0.39 is 0 Å². The lowest BCUT2D eigenvalue weighted by Gasteiger charge is -2.35. The van der Waals surface area contributed by atoms with E-state index in [-0.39, 0.29) is 5.91 Å². The normalized spacial score (nSPS) is 14.4. The zero-order chi connectivity index (χ0) is 24.3. The Labute approximate surface area is 213 Å². The number of nitrogens with zero attached hydrogens (tertiary/aromatic N) is 5. The fraction of sp³-hybridized carbons (Fsp3) is 0.214. The molecule has 7 nitrogen and oxygen atoms in total. The first-order valence-corrected chi connectivity index (χ1v) is 12.9. The molecular formula is C28H26N6OS. The van der Waals surface area contributed by atoms with Gasteiger partial charge < -0.3 is 10.2 Å². The Hall–Kier alpha value is -3.88. The van der Waals surface area contributed by atoms with Crippen LogP contribution in [0.2, 0.25) is 0 Å². The second kappa shape index (κ2) is 10.0. The maximum atomic E-state index is 12.8. The Morgan fingerprint density at radius 3 is 2.61 bits per heavy atom. The van der Waals surface area contributed by atoms with E-state index in [0.717, 1.165) is 56.2 Å². The Morgan fingerprint density at radius 1 is 0.917 bits per heavy atom. The van der Waals surface area contributed by atoms with E-state index in [0.29, 0.717) is 11.2 Å². The third-order valence-corrected chi connectivity index (χ3v) is 7.43. The highest BCUT2D eigenvalue weighted by Crippen LogP contribution is 2.29. The predicted molar refractivity (Wildman–Crippen MR) is 146 cm³/mol. The van der Waals surface area contributed by atoms with E-state index in [1.165, 1.54) is 21.8 Å². The van der Waals surface area contributed by atoms with Gasteiger partial charge in [-0.15, -0.1) is 0 Å². The van der Waals surface area contributed by atoms with Crippen LogP contribution >= 0.6 is 11.5 Å². The molecule has 3 heterocycles. The molecule has 5 aromatic rings. The van der Waals surface area contributed by atoms with Gasteiger partial charge in [-0.1, -0.05) is 36.4 Å². The number of hydrogen-bond donors (Lipinski definition) is 1. The maximum Gasteiger partial charge on any atom is 0.275 e. The van der Waals surface area contributed by atoms with Gasteiger partial charge in [-0.05, 0) is 59.9 Å². The van der Waals surface area contributed by atoms with Crippen molar-refractivity contribution in [3.8, 4) is 0 Å². The van der Waals surface area contributed by atoms with Gasteiger partial charge in [0.25, 0.3) is 5.91 Å². The van der Waals surface area contributed by atoms with Crippen LogP contribution in [0.5, 0.6) is 0 Å². The lowest BCUT2D eigenvalue weighted by Crippen LogP contribution is -2.47. The molecule has 0 aliphatic carbocycles. The van der Waals surface area contributed by atoms with Gasteiger partial charge in [0.05, 0.1) is 21.9 Å². The molecule has 2 aromatic heterocycles. The summed E-state index contributed by atoms with van der Waals surface area (Å²) in [6.45, 7) is 4.98. The Morgan fingerprint density at radius 2 is 1.72 bits per heavy atom. The quantitative estimate of drug-likeness (QED) is 0.364. The highest BCUT2D eigenvalue weighted by Gasteiger charge is 2.20. The van der Waals surface area contributed by atoms with Crippen LogP contribution in [0.1, 0.15) is 16.1 Å².